The van der Waals surface area contributed by atoms with Crippen LogP contribution in [0.25, 0.3) is 0 Å². The lowest BCUT2D eigenvalue weighted by Crippen LogP contribution is -2.40. The van der Waals surface area contributed by atoms with Crippen molar-refractivity contribution in [2.75, 3.05) is 0 Å². The lowest BCUT2D eigenvalue weighted by Gasteiger charge is -2.27. The van der Waals surface area contributed by atoms with E-state index in [1.54, 1.807) is 0 Å². The van der Waals surface area contributed by atoms with Gasteiger partial charge in [0.2, 0.25) is 0 Å². The number of rotatable bonds is 4. The molecule has 0 spiro atoms. The van der Waals surface area contributed by atoms with Crippen LogP contribution in [-0.4, -0.2) is 16.4 Å². The predicted molar refractivity (Wildman–Crippen MR) is 72.0 cm³/mol. The Bertz CT molecular complexity index is 649. The highest BCUT2D eigenvalue weighted by molar-refractivity contribution is 5.66. The van der Waals surface area contributed by atoms with Gasteiger partial charge in [0.1, 0.15) is 0 Å². The zero-order valence-electron chi connectivity index (χ0n) is 13.2. The Morgan fingerprint density at radius 2 is 1.44 bits per heavy atom. The first kappa shape index (κ1) is 20.7. The van der Waals surface area contributed by atoms with E-state index in [4.69, 9.17) is 0 Å². The lowest BCUT2D eigenvalue weighted by molar-refractivity contribution is -0.574. The highest BCUT2D eigenvalue weighted by Gasteiger charge is 2.46. The zero-order valence-corrected chi connectivity index (χ0v) is 13.2. The molecule has 1 atom stereocenters. The Morgan fingerprint density at radius 3 is 1.72 bits per heavy atom. The summed E-state index contributed by atoms with van der Waals surface area (Å²) in [6.07, 6.45) is -12.2. The number of benzene rings is 1. The van der Waals surface area contributed by atoms with E-state index in [1.807, 2.05) is 0 Å². The average Bonchev–Trinajstić information content (AvgIpc) is 2.41. The van der Waals surface area contributed by atoms with Gasteiger partial charge in [0, 0.05) is 31.3 Å². The van der Waals surface area contributed by atoms with Crippen LogP contribution in [0.3, 0.4) is 0 Å². The quantitative estimate of drug-likeness (QED) is 0.340. The summed E-state index contributed by atoms with van der Waals surface area (Å²) in [4.78, 5) is 21.4. The summed E-state index contributed by atoms with van der Waals surface area (Å²) in [5, 5.41) is 11.2. The van der Waals surface area contributed by atoms with Crippen LogP contribution in [0.2, 0.25) is 0 Å². The van der Waals surface area contributed by atoms with Crippen LogP contribution in [0.15, 0.2) is 18.2 Å². The molecule has 1 aromatic carbocycles. The van der Waals surface area contributed by atoms with Gasteiger partial charge in [0.25, 0.3) is 5.54 Å². The van der Waals surface area contributed by atoms with Crippen molar-refractivity contribution >= 4 is 5.97 Å². The number of halogens is 6. The van der Waals surface area contributed by atoms with Crippen LogP contribution in [0.4, 0.5) is 26.3 Å². The van der Waals surface area contributed by atoms with Gasteiger partial charge in [0.15, 0.2) is 6.10 Å². The van der Waals surface area contributed by atoms with Crippen molar-refractivity contribution in [2.45, 2.75) is 44.8 Å². The van der Waals surface area contributed by atoms with Crippen LogP contribution in [0.1, 0.15) is 43.6 Å². The van der Waals surface area contributed by atoms with E-state index < -0.39 is 51.6 Å². The van der Waals surface area contributed by atoms with Crippen LogP contribution in [0, 0.1) is 10.1 Å². The molecule has 0 saturated heterocycles. The molecule has 25 heavy (non-hydrogen) atoms. The maximum Gasteiger partial charge on any atom is 0.416 e. The number of ether oxygens (including phenoxy) is 1. The van der Waals surface area contributed by atoms with Gasteiger partial charge in [-0.2, -0.15) is 26.3 Å². The maximum atomic E-state index is 12.9. The molecule has 0 fully saturated rings. The molecule has 11 heteroatoms. The van der Waals surface area contributed by atoms with Gasteiger partial charge in [-0.25, -0.2) is 0 Å². The molecule has 1 aromatic rings. The summed E-state index contributed by atoms with van der Waals surface area (Å²) in [7, 11) is 0. The Balaban J connectivity index is 3.68. The highest BCUT2D eigenvalue weighted by atomic mass is 19.4. The van der Waals surface area contributed by atoms with E-state index in [-0.39, 0.29) is 6.07 Å². The zero-order chi connectivity index (χ0) is 19.8. The predicted octanol–water partition coefficient (Wildman–Crippen LogP) is 4.38. The molecule has 140 valence electrons. The Morgan fingerprint density at radius 1 is 1.04 bits per heavy atom. The molecule has 0 N–H and O–H groups in total. The van der Waals surface area contributed by atoms with Crippen molar-refractivity contribution in [1.82, 2.24) is 0 Å². The molecule has 0 radical (unpaired) electrons. The minimum atomic E-state index is -5.13. The Hall–Kier alpha value is -2.33. The molecule has 0 saturated carbocycles. The molecule has 0 heterocycles. The van der Waals surface area contributed by atoms with Crippen LogP contribution >= 0.6 is 0 Å². The molecule has 1 rings (SSSR count). The normalized spacial score (nSPS) is 14.1. The van der Waals surface area contributed by atoms with Gasteiger partial charge in [-0.3, -0.25) is 14.9 Å². The van der Waals surface area contributed by atoms with E-state index in [0.717, 1.165) is 20.8 Å². The van der Waals surface area contributed by atoms with Crippen molar-refractivity contribution in [3.63, 3.8) is 0 Å². The molecule has 0 aromatic heterocycles. The Kier molecular flexibility index (Phi) is 5.41. The van der Waals surface area contributed by atoms with Gasteiger partial charge in [-0.1, -0.05) is 0 Å². The number of carbonyl (C=O) groups excluding carboxylic acids is 1. The second kappa shape index (κ2) is 6.52. The third-order valence-electron chi connectivity index (χ3n) is 3.31. The van der Waals surface area contributed by atoms with Crippen LogP contribution < -0.4 is 0 Å². The molecule has 0 aliphatic heterocycles. The van der Waals surface area contributed by atoms with Crippen molar-refractivity contribution in [1.29, 1.82) is 0 Å². The first-order chi connectivity index (χ1) is 11.1. The minimum absolute atomic E-state index is 0.118. The lowest BCUT2D eigenvalue weighted by atomic mass is 9.89. The maximum absolute atomic E-state index is 12.9. The van der Waals surface area contributed by atoms with Crippen LogP contribution in [0.5, 0.6) is 0 Å². The molecule has 0 unspecified atom stereocenters. The molecule has 0 aliphatic carbocycles. The second-order valence-electron chi connectivity index (χ2n) is 5.74. The smallest absolute Gasteiger partial charge is 0.416 e. The van der Waals surface area contributed by atoms with Crippen molar-refractivity contribution < 1.29 is 40.8 Å². The first-order valence-corrected chi connectivity index (χ1v) is 6.68. The van der Waals surface area contributed by atoms with E-state index in [9.17, 15) is 41.3 Å². The third-order valence-corrected chi connectivity index (χ3v) is 3.31. The number of hydrogen-bond donors (Lipinski definition) is 0. The van der Waals surface area contributed by atoms with E-state index in [1.165, 1.54) is 0 Å². The summed E-state index contributed by atoms with van der Waals surface area (Å²) < 4.78 is 82.1. The van der Waals surface area contributed by atoms with E-state index in [2.05, 4.69) is 4.74 Å². The average molecular weight is 373 g/mol. The Labute approximate surface area is 137 Å². The summed E-state index contributed by atoms with van der Waals surface area (Å²) >= 11 is 0. The van der Waals surface area contributed by atoms with Crippen molar-refractivity contribution in [3.8, 4) is 0 Å². The first-order valence-electron chi connectivity index (χ1n) is 6.68. The molecule has 0 amide bonds. The van der Waals surface area contributed by atoms with Gasteiger partial charge in [-0.05, 0) is 18.2 Å². The summed E-state index contributed by atoms with van der Waals surface area (Å²) in [5.41, 5.74) is -6.26. The fraction of sp³-hybridized carbons (Fsp3) is 0.500. The number of nitro groups is 1. The van der Waals surface area contributed by atoms with Crippen molar-refractivity contribution in [2.24, 2.45) is 0 Å². The second-order valence-corrected chi connectivity index (χ2v) is 5.74. The standard InChI is InChI=1S/C14H13F6NO4/c1-7(22)25-11(12(2,3)21(23)24)8-4-9(13(15,16)17)6-10(5-8)14(18,19)20/h4-6,11H,1-3H3/t11-/m1/s1. The number of carbonyl (C=O) groups is 1. The summed E-state index contributed by atoms with van der Waals surface area (Å²) in [6, 6.07) is 0.482. The van der Waals surface area contributed by atoms with E-state index in [0.29, 0.717) is 12.1 Å². The van der Waals surface area contributed by atoms with E-state index >= 15 is 0 Å². The summed E-state index contributed by atoms with van der Waals surface area (Å²) in [5.74, 6) is -1.09. The molecule has 5 nitrogen and oxygen atoms in total. The summed E-state index contributed by atoms with van der Waals surface area (Å²) in [6.45, 7) is 2.68. The largest absolute Gasteiger partial charge is 0.450 e. The third kappa shape index (κ3) is 4.83. The molecular formula is C14H13F6NO4. The SMILES string of the molecule is CC(=O)O[C@H](c1cc(C(F)(F)F)cc(C(F)(F)F)c1)C(C)(C)[N+](=O)[O-]. The topological polar surface area (TPSA) is 69.4 Å². The fourth-order valence-corrected chi connectivity index (χ4v) is 2.01. The fourth-order valence-electron chi connectivity index (χ4n) is 2.01. The van der Waals surface area contributed by atoms with Crippen molar-refractivity contribution in [3.05, 3.63) is 45.0 Å². The number of hydrogen-bond acceptors (Lipinski definition) is 4. The number of nitrogens with zero attached hydrogens (tertiary/aromatic N) is 1. The van der Waals surface area contributed by atoms with Gasteiger partial charge in [-0.15, -0.1) is 0 Å². The van der Waals surface area contributed by atoms with Gasteiger partial charge >= 0.3 is 18.3 Å². The number of esters is 1. The highest BCUT2D eigenvalue weighted by Crippen LogP contribution is 2.40. The molecule has 0 bridgehead atoms. The monoisotopic (exact) mass is 373 g/mol. The molecular weight excluding hydrogens is 360 g/mol. The van der Waals surface area contributed by atoms with Gasteiger partial charge in [0.05, 0.1) is 11.1 Å². The van der Waals surface area contributed by atoms with Gasteiger partial charge < -0.3 is 4.74 Å². The minimum Gasteiger partial charge on any atom is -0.450 e. The van der Waals surface area contributed by atoms with Crippen LogP contribution in [-0.2, 0) is 21.9 Å². The molecule has 0 aliphatic rings. The number of alkyl halides is 6.